The molecule has 0 unspecified atom stereocenters. The predicted molar refractivity (Wildman–Crippen MR) is 66.5 cm³/mol. The van der Waals surface area contributed by atoms with Crippen LogP contribution >= 0.6 is 0 Å². The zero-order valence-corrected chi connectivity index (χ0v) is 10.7. The van der Waals surface area contributed by atoms with Crippen molar-refractivity contribution >= 4 is 11.7 Å². The lowest BCUT2D eigenvalue weighted by Gasteiger charge is -2.11. The van der Waals surface area contributed by atoms with Gasteiger partial charge in [0, 0.05) is 18.7 Å². The molecule has 0 saturated carbocycles. The van der Waals surface area contributed by atoms with E-state index in [4.69, 9.17) is 10.2 Å². The standard InChI is InChI=1S/C12H13F3N4O/c1-7-2-3-8(6-9(7)12(13,14)15)17-11-19-18-10(20-11)4-5-16/h2-3,6H,4-5,16H2,1H3,(H,17,19). The van der Waals surface area contributed by atoms with Crippen LogP contribution in [0.2, 0.25) is 0 Å². The van der Waals surface area contributed by atoms with Gasteiger partial charge in [0.1, 0.15) is 0 Å². The van der Waals surface area contributed by atoms with Crippen molar-refractivity contribution in [3.05, 3.63) is 35.2 Å². The van der Waals surface area contributed by atoms with E-state index in [1.165, 1.54) is 19.1 Å². The Morgan fingerprint density at radius 3 is 2.70 bits per heavy atom. The zero-order valence-electron chi connectivity index (χ0n) is 10.7. The molecule has 2 aromatic rings. The Morgan fingerprint density at radius 1 is 1.30 bits per heavy atom. The first-order chi connectivity index (χ1) is 9.40. The predicted octanol–water partition coefficient (Wildman–Crippen LogP) is 2.64. The molecule has 1 aromatic heterocycles. The Hall–Kier alpha value is -2.09. The van der Waals surface area contributed by atoms with Gasteiger partial charge < -0.3 is 15.5 Å². The SMILES string of the molecule is Cc1ccc(Nc2nnc(CCN)o2)cc1C(F)(F)F. The largest absolute Gasteiger partial charge is 0.416 e. The molecular formula is C12H13F3N4O. The summed E-state index contributed by atoms with van der Waals surface area (Å²) in [6, 6.07) is 3.92. The lowest BCUT2D eigenvalue weighted by molar-refractivity contribution is -0.138. The summed E-state index contributed by atoms with van der Waals surface area (Å²) in [5, 5.41) is 10.0. The van der Waals surface area contributed by atoms with E-state index in [1.54, 1.807) is 0 Å². The maximum atomic E-state index is 12.8. The second-order valence-corrected chi connectivity index (χ2v) is 4.19. The Labute approximate surface area is 113 Å². The van der Waals surface area contributed by atoms with Crippen molar-refractivity contribution in [2.24, 2.45) is 5.73 Å². The van der Waals surface area contributed by atoms with Crippen molar-refractivity contribution in [3.8, 4) is 0 Å². The molecule has 8 heteroatoms. The molecular weight excluding hydrogens is 273 g/mol. The Kier molecular flexibility index (Phi) is 3.93. The summed E-state index contributed by atoms with van der Waals surface area (Å²) in [7, 11) is 0. The van der Waals surface area contributed by atoms with Crippen LogP contribution in [0.15, 0.2) is 22.6 Å². The van der Waals surface area contributed by atoms with Crippen LogP contribution in [0.5, 0.6) is 0 Å². The molecule has 0 aliphatic heterocycles. The molecule has 0 radical (unpaired) electrons. The Bertz CT molecular complexity index is 595. The number of aromatic nitrogens is 2. The van der Waals surface area contributed by atoms with Crippen LogP contribution < -0.4 is 11.1 Å². The number of rotatable bonds is 4. The topological polar surface area (TPSA) is 77.0 Å². The highest BCUT2D eigenvalue weighted by atomic mass is 19.4. The van der Waals surface area contributed by atoms with E-state index < -0.39 is 11.7 Å². The maximum Gasteiger partial charge on any atom is 0.416 e. The van der Waals surface area contributed by atoms with Crippen molar-refractivity contribution < 1.29 is 17.6 Å². The van der Waals surface area contributed by atoms with E-state index in [0.717, 1.165) is 6.07 Å². The third kappa shape index (κ3) is 3.27. The van der Waals surface area contributed by atoms with Gasteiger partial charge in [-0.2, -0.15) is 13.2 Å². The average Bonchev–Trinajstić information content (AvgIpc) is 2.78. The molecule has 108 valence electrons. The van der Waals surface area contributed by atoms with Crippen molar-refractivity contribution in [2.45, 2.75) is 19.5 Å². The second-order valence-electron chi connectivity index (χ2n) is 4.19. The molecule has 0 fully saturated rings. The highest BCUT2D eigenvalue weighted by molar-refractivity contribution is 5.55. The van der Waals surface area contributed by atoms with Crippen molar-refractivity contribution in [3.63, 3.8) is 0 Å². The highest BCUT2D eigenvalue weighted by Crippen LogP contribution is 2.33. The minimum atomic E-state index is -4.40. The quantitative estimate of drug-likeness (QED) is 0.903. The van der Waals surface area contributed by atoms with E-state index in [-0.39, 0.29) is 17.3 Å². The van der Waals surface area contributed by atoms with Crippen molar-refractivity contribution in [1.29, 1.82) is 0 Å². The second kappa shape index (κ2) is 5.49. The third-order valence-electron chi connectivity index (χ3n) is 2.62. The molecule has 0 aliphatic rings. The van der Waals surface area contributed by atoms with E-state index >= 15 is 0 Å². The lowest BCUT2D eigenvalue weighted by Crippen LogP contribution is -2.08. The van der Waals surface area contributed by atoms with Crippen molar-refractivity contribution in [1.82, 2.24) is 10.2 Å². The van der Waals surface area contributed by atoms with Gasteiger partial charge in [-0.15, -0.1) is 5.10 Å². The number of nitrogens with one attached hydrogen (secondary N) is 1. The Morgan fingerprint density at radius 2 is 2.05 bits per heavy atom. The molecule has 0 spiro atoms. The number of aryl methyl sites for hydroxylation is 1. The molecule has 3 N–H and O–H groups in total. The van der Waals surface area contributed by atoms with Gasteiger partial charge >= 0.3 is 12.2 Å². The van der Waals surface area contributed by atoms with Gasteiger partial charge in [0.25, 0.3) is 0 Å². The first kappa shape index (κ1) is 14.3. The van der Waals surface area contributed by atoms with Crippen LogP contribution in [0.25, 0.3) is 0 Å². The van der Waals surface area contributed by atoms with Gasteiger partial charge in [0.05, 0.1) is 5.56 Å². The van der Waals surface area contributed by atoms with Crippen LogP contribution in [0.4, 0.5) is 24.9 Å². The smallest absolute Gasteiger partial charge is 0.408 e. The first-order valence-electron chi connectivity index (χ1n) is 5.87. The van der Waals surface area contributed by atoms with Crippen LogP contribution in [-0.2, 0) is 12.6 Å². The van der Waals surface area contributed by atoms with E-state index in [9.17, 15) is 13.2 Å². The average molecular weight is 286 g/mol. The number of halogens is 3. The molecule has 0 bridgehead atoms. The highest BCUT2D eigenvalue weighted by Gasteiger charge is 2.32. The summed E-state index contributed by atoms with van der Waals surface area (Å²) in [6.45, 7) is 1.75. The summed E-state index contributed by atoms with van der Waals surface area (Å²) >= 11 is 0. The molecule has 5 nitrogen and oxygen atoms in total. The number of hydrogen-bond donors (Lipinski definition) is 2. The first-order valence-corrected chi connectivity index (χ1v) is 5.87. The zero-order chi connectivity index (χ0) is 14.8. The molecule has 1 heterocycles. The number of nitrogens with zero attached hydrogens (tertiary/aromatic N) is 2. The molecule has 1 aromatic carbocycles. The molecule has 0 amide bonds. The van der Waals surface area contributed by atoms with Gasteiger partial charge in [-0.05, 0) is 24.6 Å². The van der Waals surface area contributed by atoms with Crippen molar-refractivity contribution in [2.75, 3.05) is 11.9 Å². The summed E-state index contributed by atoms with van der Waals surface area (Å²) in [5.74, 6) is 0.332. The fourth-order valence-electron chi connectivity index (χ4n) is 1.66. The van der Waals surface area contributed by atoms with Crippen LogP contribution in [-0.4, -0.2) is 16.7 Å². The van der Waals surface area contributed by atoms with Gasteiger partial charge in [0.2, 0.25) is 5.89 Å². The van der Waals surface area contributed by atoms with E-state index in [2.05, 4.69) is 15.5 Å². The summed E-state index contributed by atoms with van der Waals surface area (Å²) in [6.07, 6.45) is -3.99. The minimum absolute atomic E-state index is 0.0328. The lowest BCUT2D eigenvalue weighted by atomic mass is 10.1. The maximum absolute atomic E-state index is 12.8. The molecule has 2 rings (SSSR count). The van der Waals surface area contributed by atoms with Gasteiger partial charge in [-0.25, -0.2) is 0 Å². The van der Waals surface area contributed by atoms with Crippen LogP contribution in [0.1, 0.15) is 17.0 Å². The van der Waals surface area contributed by atoms with E-state index in [0.29, 0.717) is 18.9 Å². The number of anilines is 2. The summed E-state index contributed by atoms with van der Waals surface area (Å²) in [4.78, 5) is 0. The molecule has 0 saturated heterocycles. The monoisotopic (exact) mass is 286 g/mol. The normalized spacial score (nSPS) is 11.7. The molecule has 0 aliphatic carbocycles. The van der Waals surface area contributed by atoms with Gasteiger partial charge in [0.15, 0.2) is 0 Å². The number of hydrogen-bond acceptors (Lipinski definition) is 5. The van der Waals surface area contributed by atoms with E-state index in [1.807, 2.05) is 0 Å². The number of alkyl halides is 3. The number of nitrogens with two attached hydrogens (primary N) is 1. The minimum Gasteiger partial charge on any atom is -0.408 e. The molecule has 20 heavy (non-hydrogen) atoms. The fourth-order valence-corrected chi connectivity index (χ4v) is 1.66. The molecule has 0 atom stereocenters. The summed E-state index contributed by atoms with van der Waals surface area (Å²) < 4.78 is 43.5. The summed E-state index contributed by atoms with van der Waals surface area (Å²) in [5.41, 5.74) is 5.01. The van der Waals surface area contributed by atoms with Gasteiger partial charge in [-0.3, -0.25) is 0 Å². The Balaban J connectivity index is 2.21. The van der Waals surface area contributed by atoms with Crippen LogP contribution in [0, 0.1) is 6.92 Å². The third-order valence-corrected chi connectivity index (χ3v) is 2.62. The van der Waals surface area contributed by atoms with Gasteiger partial charge in [-0.1, -0.05) is 11.2 Å². The fraction of sp³-hybridized carbons (Fsp3) is 0.333. The van der Waals surface area contributed by atoms with Crippen LogP contribution in [0.3, 0.4) is 0 Å². The number of benzene rings is 1.